The highest BCUT2D eigenvalue weighted by Gasteiger charge is 2.35. The average Bonchev–Trinajstić information content (AvgIpc) is 2.79. The second-order valence-corrected chi connectivity index (χ2v) is 9.14. The van der Waals surface area contributed by atoms with Crippen molar-refractivity contribution in [1.29, 1.82) is 0 Å². The van der Waals surface area contributed by atoms with E-state index in [9.17, 15) is 13.2 Å². The van der Waals surface area contributed by atoms with Crippen LogP contribution in [0.1, 0.15) is 12.0 Å². The highest BCUT2D eigenvalue weighted by Crippen LogP contribution is 2.24. The Balaban J connectivity index is 1.91. The summed E-state index contributed by atoms with van der Waals surface area (Å²) in [6.07, 6.45) is 3.47. The summed E-state index contributed by atoms with van der Waals surface area (Å²) >= 11 is 0. The van der Waals surface area contributed by atoms with Crippen molar-refractivity contribution >= 4 is 15.9 Å². The van der Waals surface area contributed by atoms with E-state index in [1.54, 1.807) is 36.7 Å². The van der Waals surface area contributed by atoms with Gasteiger partial charge >= 0.3 is 0 Å². The molecule has 1 aromatic carbocycles. The molecule has 1 aromatic heterocycles. The van der Waals surface area contributed by atoms with E-state index in [4.69, 9.17) is 15.2 Å². The van der Waals surface area contributed by atoms with Crippen LogP contribution in [0.25, 0.3) is 0 Å². The minimum Gasteiger partial charge on any atom is -0.497 e. The SMILES string of the molecule is COc1ccc(S(=O)(=O)N(Cc2cccnc2)C(CCN2CCOCC2)C(N)=O)cc1. The summed E-state index contributed by atoms with van der Waals surface area (Å²) in [6, 6.07) is 8.55. The van der Waals surface area contributed by atoms with Gasteiger partial charge in [0, 0.05) is 38.6 Å². The van der Waals surface area contributed by atoms with E-state index in [1.807, 2.05) is 0 Å². The number of sulfonamides is 1. The van der Waals surface area contributed by atoms with E-state index in [0.29, 0.717) is 31.1 Å². The number of hydrogen-bond acceptors (Lipinski definition) is 7. The number of methoxy groups -OCH3 is 1. The van der Waals surface area contributed by atoms with Crippen LogP contribution in [-0.4, -0.2) is 74.5 Å². The number of benzene rings is 1. The Hall–Kier alpha value is -2.53. The predicted molar refractivity (Wildman–Crippen MR) is 115 cm³/mol. The molecule has 0 aliphatic carbocycles. The largest absolute Gasteiger partial charge is 0.497 e. The Morgan fingerprint density at radius 3 is 2.55 bits per heavy atom. The molecule has 2 N–H and O–H groups in total. The molecule has 0 radical (unpaired) electrons. The molecule has 3 rings (SSSR count). The molecule has 0 saturated carbocycles. The predicted octanol–water partition coefficient (Wildman–Crippen LogP) is 0.857. The van der Waals surface area contributed by atoms with Crippen LogP contribution in [0.15, 0.2) is 53.7 Å². The number of morpholine rings is 1. The second kappa shape index (κ2) is 10.7. The number of carbonyl (C=O) groups excluding carboxylic acids is 1. The van der Waals surface area contributed by atoms with Crippen molar-refractivity contribution in [2.75, 3.05) is 40.0 Å². The van der Waals surface area contributed by atoms with Crippen molar-refractivity contribution in [3.8, 4) is 5.75 Å². The summed E-state index contributed by atoms with van der Waals surface area (Å²) in [5.74, 6) is -0.147. The lowest BCUT2D eigenvalue weighted by molar-refractivity contribution is -0.122. The molecule has 10 heteroatoms. The zero-order valence-electron chi connectivity index (χ0n) is 17.5. The van der Waals surface area contributed by atoms with E-state index in [2.05, 4.69) is 9.88 Å². The van der Waals surface area contributed by atoms with E-state index in [-0.39, 0.29) is 17.9 Å². The maximum atomic E-state index is 13.6. The second-order valence-electron chi connectivity index (χ2n) is 7.25. The van der Waals surface area contributed by atoms with Crippen LogP contribution in [0, 0.1) is 0 Å². The van der Waals surface area contributed by atoms with Crippen molar-refractivity contribution in [2.45, 2.75) is 23.9 Å². The number of ether oxygens (including phenoxy) is 2. The van der Waals surface area contributed by atoms with Crippen molar-refractivity contribution in [3.05, 3.63) is 54.4 Å². The number of rotatable bonds is 10. The van der Waals surface area contributed by atoms with E-state index >= 15 is 0 Å². The lowest BCUT2D eigenvalue weighted by Crippen LogP contribution is -2.49. The quantitative estimate of drug-likeness (QED) is 0.573. The molecule has 1 aliphatic heterocycles. The fourth-order valence-electron chi connectivity index (χ4n) is 3.48. The van der Waals surface area contributed by atoms with Crippen LogP contribution in [0.5, 0.6) is 5.75 Å². The average molecular weight is 449 g/mol. The number of nitrogens with two attached hydrogens (primary N) is 1. The van der Waals surface area contributed by atoms with Gasteiger partial charge in [0.2, 0.25) is 15.9 Å². The van der Waals surface area contributed by atoms with Gasteiger partial charge in [-0.2, -0.15) is 4.31 Å². The molecule has 1 saturated heterocycles. The van der Waals surface area contributed by atoms with Gasteiger partial charge < -0.3 is 15.2 Å². The number of pyridine rings is 1. The molecule has 1 amide bonds. The highest BCUT2D eigenvalue weighted by molar-refractivity contribution is 7.89. The summed E-state index contributed by atoms with van der Waals surface area (Å²) in [7, 11) is -2.51. The normalized spacial score (nSPS) is 16.2. The smallest absolute Gasteiger partial charge is 0.244 e. The number of carbonyl (C=O) groups is 1. The molecule has 1 fully saturated rings. The lowest BCUT2D eigenvalue weighted by atomic mass is 10.1. The fraction of sp³-hybridized carbons (Fsp3) is 0.429. The molecule has 1 unspecified atom stereocenters. The van der Waals surface area contributed by atoms with Crippen LogP contribution in [0.3, 0.4) is 0 Å². The van der Waals surface area contributed by atoms with Gasteiger partial charge in [-0.3, -0.25) is 14.7 Å². The summed E-state index contributed by atoms with van der Waals surface area (Å²) in [5.41, 5.74) is 6.37. The minimum atomic E-state index is -4.02. The maximum Gasteiger partial charge on any atom is 0.244 e. The van der Waals surface area contributed by atoms with Gasteiger partial charge in [-0.05, 0) is 42.3 Å². The molecule has 31 heavy (non-hydrogen) atoms. The third-order valence-corrected chi connectivity index (χ3v) is 7.09. The monoisotopic (exact) mass is 448 g/mol. The molecule has 0 spiro atoms. The number of primary amides is 1. The van der Waals surface area contributed by atoms with Crippen LogP contribution in [0.2, 0.25) is 0 Å². The number of aromatic nitrogens is 1. The minimum absolute atomic E-state index is 0.0150. The molecule has 2 heterocycles. The number of nitrogens with zero attached hydrogens (tertiary/aromatic N) is 3. The van der Waals surface area contributed by atoms with Crippen LogP contribution in [-0.2, 0) is 26.1 Å². The van der Waals surface area contributed by atoms with Crippen LogP contribution < -0.4 is 10.5 Å². The molecule has 168 valence electrons. The van der Waals surface area contributed by atoms with Crippen molar-refractivity contribution in [3.63, 3.8) is 0 Å². The van der Waals surface area contributed by atoms with Gasteiger partial charge in [0.05, 0.1) is 25.2 Å². The Kier molecular flexibility index (Phi) is 7.97. The van der Waals surface area contributed by atoms with Gasteiger partial charge in [-0.1, -0.05) is 6.07 Å². The third kappa shape index (κ3) is 6.01. The van der Waals surface area contributed by atoms with E-state index in [1.165, 1.54) is 23.5 Å². The molecular formula is C21H28N4O5S. The van der Waals surface area contributed by atoms with Gasteiger partial charge in [-0.25, -0.2) is 8.42 Å². The maximum absolute atomic E-state index is 13.6. The Labute approximate surface area is 182 Å². The van der Waals surface area contributed by atoms with Gasteiger partial charge in [0.1, 0.15) is 11.8 Å². The standard InChI is InChI=1S/C21H28N4O5S/c1-29-18-4-6-19(7-5-18)31(27,28)25(16-17-3-2-9-23-15-17)20(21(22)26)8-10-24-11-13-30-14-12-24/h2-7,9,15,20H,8,10-14,16H2,1H3,(H2,22,26). The Morgan fingerprint density at radius 2 is 1.97 bits per heavy atom. The van der Waals surface area contributed by atoms with Gasteiger partial charge in [-0.15, -0.1) is 0 Å². The molecular weight excluding hydrogens is 420 g/mol. The summed E-state index contributed by atoms with van der Waals surface area (Å²) in [6.45, 7) is 3.23. The van der Waals surface area contributed by atoms with Crippen molar-refractivity contribution in [1.82, 2.24) is 14.2 Å². The Morgan fingerprint density at radius 1 is 1.26 bits per heavy atom. The van der Waals surface area contributed by atoms with Crippen molar-refractivity contribution in [2.24, 2.45) is 5.73 Å². The van der Waals surface area contributed by atoms with Crippen LogP contribution in [0.4, 0.5) is 0 Å². The topological polar surface area (TPSA) is 115 Å². The van der Waals surface area contributed by atoms with Crippen molar-refractivity contribution < 1.29 is 22.7 Å². The van der Waals surface area contributed by atoms with Gasteiger partial charge in [0.15, 0.2) is 0 Å². The summed E-state index contributed by atoms with van der Waals surface area (Å²) < 4.78 is 38.8. The molecule has 9 nitrogen and oxygen atoms in total. The first-order valence-corrected chi connectivity index (χ1v) is 11.5. The Bertz CT molecular complexity index is 947. The summed E-state index contributed by atoms with van der Waals surface area (Å²) in [5, 5.41) is 0. The van der Waals surface area contributed by atoms with Crippen LogP contribution >= 0.6 is 0 Å². The molecule has 2 aromatic rings. The fourth-order valence-corrected chi connectivity index (χ4v) is 5.09. The van der Waals surface area contributed by atoms with E-state index < -0.39 is 22.0 Å². The first-order valence-electron chi connectivity index (χ1n) is 10.1. The first kappa shape index (κ1) is 23.1. The molecule has 0 bridgehead atoms. The third-order valence-electron chi connectivity index (χ3n) is 5.23. The highest BCUT2D eigenvalue weighted by atomic mass is 32.2. The first-order chi connectivity index (χ1) is 14.9. The number of hydrogen-bond donors (Lipinski definition) is 1. The molecule has 1 atom stereocenters. The zero-order valence-corrected chi connectivity index (χ0v) is 18.3. The lowest BCUT2D eigenvalue weighted by Gasteiger charge is -2.32. The van der Waals surface area contributed by atoms with E-state index in [0.717, 1.165) is 13.1 Å². The zero-order chi connectivity index (χ0) is 22.3. The number of amides is 1. The molecule has 1 aliphatic rings. The summed E-state index contributed by atoms with van der Waals surface area (Å²) in [4.78, 5) is 18.7. The van der Waals surface area contributed by atoms with Gasteiger partial charge in [0.25, 0.3) is 0 Å².